The topological polar surface area (TPSA) is 35.6 Å². The lowest BCUT2D eigenvalue weighted by molar-refractivity contribution is -0.117. The Morgan fingerprint density at radius 3 is 2.58 bits per heavy atom. The van der Waals surface area contributed by atoms with Crippen molar-refractivity contribution in [3.63, 3.8) is 0 Å². The molecular weight excluding hydrogens is 305 g/mol. The number of anilines is 1. The first-order chi connectivity index (χ1) is 11.6. The maximum absolute atomic E-state index is 13.3. The van der Waals surface area contributed by atoms with Gasteiger partial charge >= 0.3 is 0 Å². The van der Waals surface area contributed by atoms with Crippen LogP contribution in [0.4, 0.5) is 10.1 Å². The summed E-state index contributed by atoms with van der Waals surface area (Å²) < 4.78 is 13.3. The van der Waals surface area contributed by atoms with Gasteiger partial charge in [0.15, 0.2) is 0 Å². The molecule has 0 radical (unpaired) electrons. The largest absolute Gasteiger partial charge is 0.325 e. The maximum atomic E-state index is 13.3. The summed E-state index contributed by atoms with van der Waals surface area (Å²) in [4.78, 5) is 17.0. The third-order valence-corrected chi connectivity index (χ3v) is 5.34. The van der Waals surface area contributed by atoms with Crippen molar-refractivity contribution < 1.29 is 9.18 Å². The van der Waals surface area contributed by atoms with Crippen molar-refractivity contribution in [2.45, 2.75) is 45.1 Å². The first-order valence-corrected chi connectivity index (χ1v) is 9.14. The molecule has 1 saturated heterocycles. The standard InChI is InChI=1S/C19H28FN3O/c1-15-7-8-16(20)13-18(15)21-19(24)14-22-9-11-23(12-10-22)17-5-3-2-4-6-17/h7-8,13,17H,2-6,9-12,14H2,1H3,(H,21,24). The minimum Gasteiger partial charge on any atom is -0.325 e. The Kier molecular flexibility index (Phi) is 5.85. The lowest BCUT2D eigenvalue weighted by atomic mass is 9.94. The highest BCUT2D eigenvalue weighted by Crippen LogP contribution is 2.23. The summed E-state index contributed by atoms with van der Waals surface area (Å²) >= 11 is 0. The number of carbonyl (C=O) groups is 1. The van der Waals surface area contributed by atoms with Gasteiger partial charge in [-0.15, -0.1) is 0 Å². The second-order valence-corrected chi connectivity index (χ2v) is 7.11. The number of piperazine rings is 1. The first kappa shape index (κ1) is 17.4. The van der Waals surface area contributed by atoms with Crippen LogP contribution >= 0.6 is 0 Å². The van der Waals surface area contributed by atoms with Crippen LogP contribution in [0, 0.1) is 12.7 Å². The van der Waals surface area contributed by atoms with Crippen LogP contribution in [-0.4, -0.2) is 54.5 Å². The molecule has 0 bridgehead atoms. The molecule has 132 valence electrons. The molecule has 1 aliphatic carbocycles. The van der Waals surface area contributed by atoms with E-state index in [1.54, 1.807) is 6.07 Å². The molecular formula is C19H28FN3O. The van der Waals surface area contributed by atoms with Gasteiger partial charge < -0.3 is 5.32 Å². The summed E-state index contributed by atoms with van der Waals surface area (Å²) in [5.74, 6) is -0.383. The molecule has 24 heavy (non-hydrogen) atoms. The van der Waals surface area contributed by atoms with E-state index in [1.165, 1.54) is 44.2 Å². The molecule has 3 rings (SSSR count). The zero-order valence-electron chi connectivity index (χ0n) is 14.6. The van der Waals surface area contributed by atoms with Crippen LogP contribution in [0.5, 0.6) is 0 Å². The van der Waals surface area contributed by atoms with Gasteiger partial charge in [0.25, 0.3) is 0 Å². The monoisotopic (exact) mass is 333 g/mol. The van der Waals surface area contributed by atoms with E-state index in [4.69, 9.17) is 0 Å². The van der Waals surface area contributed by atoms with Crippen molar-refractivity contribution >= 4 is 11.6 Å². The molecule has 1 aliphatic heterocycles. The maximum Gasteiger partial charge on any atom is 0.238 e. The van der Waals surface area contributed by atoms with Gasteiger partial charge in [-0.3, -0.25) is 14.6 Å². The minimum absolute atomic E-state index is 0.0604. The SMILES string of the molecule is Cc1ccc(F)cc1NC(=O)CN1CCN(C2CCCCC2)CC1. The van der Waals surface area contributed by atoms with Gasteiger partial charge in [0.2, 0.25) is 5.91 Å². The lowest BCUT2D eigenvalue weighted by Gasteiger charge is -2.40. The third-order valence-electron chi connectivity index (χ3n) is 5.34. The third kappa shape index (κ3) is 4.54. The first-order valence-electron chi connectivity index (χ1n) is 9.14. The van der Waals surface area contributed by atoms with Crippen LogP contribution in [0.25, 0.3) is 0 Å². The predicted octanol–water partition coefficient (Wildman–Crippen LogP) is 3.02. The molecule has 1 heterocycles. The van der Waals surface area contributed by atoms with Crippen molar-refractivity contribution in [3.05, 3.63) is 29.6 Å². The van der Waals surface area contributed by atoms with E-state index in [2.05, 4.69) is 15.1 Å². The lowest BCUT2D eigenvalue weighted by Crippen LogP contribution is -2.52. The summed E-state index contributed by atoms with van der Waals surface area (Å²) in [6, 6.07) is 5.24. The Labute approximate surface area is 144 Å². The molecule has 1 saturated carbocycles. The van der Waals surface area contributed by atoms with E-state index in [1.807, 2.05) is 6.92 Å². The van der Waals surface area contributed by atoms with Crippen LogP contribution in [-0.2, 0) is 4.79 Å². The number of carbonyl (C=O) groups excluding carboxylic acids is 1. The number of nitrogens with zero attached hydrogens (tertiary/aromatic N) is 2. The van der Waals surface area contributed by atoms with E-state index >= 15 is 0 Å². The number of hydrogen-bond donors (Lipinski definition) is 1. The number of benzene rings is 1. The number of amides is 1. The van der Waals surface area contributed by atoms with Crippen molar-refractivity contribution in [2.24, 2.45) is 0 Å². The van der Waals surface area contributed by atoms with Gasteiger partial charge in [-0.1, -0.05) is 25.3 Å². The Bertz CT molecular complexity index is 564. The van der Waals surface area contributed by atoms with E-state index in [0.717, 1.165) is 37.8 Å². The zero-order chi connectivity index (χ0) is 16.9. The Balaban J connectivity index is 1.45. The fourth-order valence-electron chi connectivity index (χ4n) is 3.85. The van der Waals surface area contributed by atoms with E-state index in [-0.39, 0.29) is 11.7 Å². The molecule has 0 aromatic heterocycles. The molecule has 0 spiro atoms. The molecule has 2 fully saturated rings. The molecule has 0 atom stereocenters. The smallest absolute Gasteiger partial charge is 0.238 e. The van der Waals surface area contributed by atoms with Crippen LogP contribution < -0.4 is 5.32 Å². The molecule has 1 aromatic carbocycles. The van der Waals surface area contributed by atoms with Gasteiger partial charge in [-0.2, -0.15) is 0 Å². The number of aryl methyl sites for hydroxylation is 1. The summed E-state index contributed by atoms with van der Waals surface area (Å²) in [6.45, 7) is 6.23. The fraction of sp³-hybridized carbons (Fsp3) is 0.632. The fourth-order valence-corrected chi connectivity index (χ4v) is 3.85. The number of nitrogens with one attached hydrogen (secondary N) is 1. The second kappa shape index (κ2) is 8.08. The van der Waals surface area contributed by atoms with Crippen molar-refractivity contribution in [1.82, 2.24) is 9.80 Å². The van der Waals surface area contributed by atoms with Gasteiger partial charge in [-0.05, 0) is 37.5 Å². The summed E-state index contributed by atoms with van der Waals surface area (Å²) in [6.07, 6.45) is 6.77. The minimum atomic E-state index is -0.322. The van der Waals surface area contributed by atoms with Gasteiger partial charge in [0.05, 0.1) is 6.54 Å². The number of halogens is 1. The normalized spacial score (nSPS) is 20.9. The highest BCUT2D eigenvalue weighted by Gasteiger charge is 2.25. The van der Waals surface area contributed by atoms with Gasteiger partial charge in [0.1, 0.15) is 5.82 Å². The molecule has 1 N–H and O–H groups in total. The second-order valence-electron chi connectivity index (χ2n) is 7.11. The Morgan fingerprint density at radius 2 is 1.88 bits per heavy atom. The molecule has 1 aromatic rings. The van der Waals surface area contributed by atoms with Crippen LogP contribution in [0.15, 0.2) is 18.2 Å². The quantitative estimate of drug-likeness (QED) is 0.920. The van der Waals surface area contributed by atoms with E-state index in [9.17, 15) is 9.18 Å². The molecule has 2 aliphatic rings. The van der Waals surface area contributed by atoms with Crippen LogP contribution in [0.3, 0.4) is 0 Å². The van der Waals surface area contributed by atoms with Gasteiger partial charge in [0, 0.05) is 37.9 Å². The molecule has 5 heteroatoms. The number of hydrogen-bond acceptors (Lipinski definition) is 3. The molecule has 4 nitrogen and oxygen atoms in total. The van der Waals surface area contributed by atoms with Gasteiger partial charge in [-0.25, -0.2) is 4.39 Å². The zero-order valence-corrected chi connectivity index (χ0v) is 14.6. The molecule has 0 unspecified atom stereocenters. The Morgan fingerprint density at radius 1 is 1.17 bits per heavy atom. The Hall–Kier alpha value is -1.46. The highest BCUT2D eigenvalue weighted by atomic mass is 19.1. The van der Waals surface area contributed by atoms with Crippen molar-refractivity contribution in [2.75, 3.05) is 38.0 Å². The highest BCUT2D eigenvalue weighted by molar-refractivity contribution is 5.92. The average Bonchev–Trinajstić information content (AvgIpc) is 2.59. The van der Waals surface area contributed by atoms with Crippen molar-refractivity contribution in [3.8, 4) is 0 Å². The van der Waals surface area contributed by atoms with E-state index < -0.39 is 0 Å². The van der Waals surface area contributed by atoms with E-state index in [0.29, 0.717) is 12.2 Å². The van der Waals surface area contributed by atoms with Crippen LogP contribution in [0.1, 0.15) is 37.7 Å². The summed E-state index contributed by atoms with van der Waals surface area (Å²) in [7, 11) is 0. The average molecular weight is 333 g/mol. The predicted molar refractivity (Wildman–Crippen MR) is 94.7 cm³/mol. The van der Waals surface area contributed by atoms with Crippen molar-refractivity contribution in [1.29, 1.82) is 0 Å². The number of rotatable bonds is 4. The van der Waals surface area contributed by atoms with Crippen LogP contribution in [0.2, 0.25) is 0 Å². The summed E-state index contributed by atoms with van der Waals surface area (Å²) in [5, 5.41) is 2.84. The summed E-state index contributed by atoms with van der Waals surface area (Å²) in [5.41, 5.74) is 1.45. The molecule has 1 amide bonds.